The maximum atomic E-state index is 17.1. The summed E-state index contributed by atoms with van der Waals surface area (Å²) in [7, 11) is 0. The second-order valence-corrected chi connectivity index (χ2v) is 14.3. The highest BCUT2D eigenvalue weighted by Crippen LogP contribution is 2.51. The van der Waals surface area contributed by atoms with E-state index in [1.807, 2.05) is 11.0 Å². The lowest BCUT2D eigenvalue weighted by Gasteiger charge is -2.31. The fourth-order valence-electron chi connectivity index (χ4n) is 8.03. The molecule has 0 amide bonds. The van der Waals surface area contributed by atoms with Gasteiger partial charge in [0.1, 0.15) is 47.6 Å². The standard InChI is InChI=1S/C33H29ClF3N7O2S/c34-25-23(19-4-5-21(36)29-22(19)20(12-39)30(40)47-29)26(37)27-24-28(25)45-14-18-9-16(11-38)3-1-8-44(18)31(24)42-32(41-27)46-15-33-6-2-7-43(33)13-17(35)10-33/h4-5,16-18H,1-3,6-10,13-15,40H2/t16?,17-,18?,33?/m1/s1. The van der Waals surface area contributed by atoms with Crippen LogP contribution in [0.2, 0.25) is 5.02 Å². The predicted molar refractivity (Wildman–Crippen MR) is 173 cm³/mol. The van der Waals surface area contributed by atoms with Gasteiger partial charge in [-0.3, -0.25) is 4.90 Å². The molecule has 0 radical (unpaired) electrons. The summed E-state index contributed by atoms with van der Waals surface area (Å²) in [5.74, 6) is -1.09. The van der Waals surface area contributed by atoms with E-state index >= 15 is 4.39 Å². The second-order valence-electron chi connectivity index (χ2n) is 12.9. The largest absolute Gasteiger partial charge is 0.489 e. The highest BCUT2D eigenvalue weighted by Gasteiger charge is 2.49. The van der Waals surface area contributed by atoms with Crippen LogP contribution in [0.5, 0.6) is 11.8 Å². The highest BCUT2D eigenvalue weighted by atomic mass is 35.5. The molecule has 4 aromatic rings. The number of anilines is 2. The summed E-state index contributed by atoms with van der Waals surface area (Å²) in [5, 5.41) is 20.1. The lowest BCUT2D eigenvalue weighted by molar-refractivity contribution is 0.107. The third-order valence-corrected chi connectivity index (χ3v) is 11.6. The van der Waals surface area contributed by atoms with Crippen molar-refractivity contribution in [3.8, 4) is 35.0 Å². The van der Waals surface area contributed by atoms with E-state index in [0.717, 1.165) is 30.7 Å². The maximum absolute atomic E-state index is 17.1. The molecule has 2 N–H and O–H groups in total. The molecule has 4 aliphatic heterocycles. The molecule has 4 aliphatic rings. The molecule has 2 aromatic heterocycles. The minimum Gasteiger partial charge on any atom is -0.489 e. The Hall–Kier alpha value is -4.04. The summed E-state index contributed by atoms with van der Waals surface area (Å²) in [6.07, 6.45) is 3.01. The molecule has 3 fully saturated rings. The minimum atomic E-state index is -0.953. The number of nitrogens with two attached hydrogens (primary N) is 1. The zero-order valence-corrected chi connectivity index (χ0v) is 26.7. The van der Waals surface area contributed by atoms with Gasteiger partial charge in [-0.15, -0.1) is 11.3 Å². The Morgan fingerprint density at radius 1 is 1.19 bits per heavy atom. The first-order valence-electron chi connectivity index (χ1n) is 15.7. The molecule has 8 rings (SSSR count). The summed E-state index contributed by atoms with van der Waals surface area (Å²) in [6.45, 7) is 1.96. The van der Waals surface area contributed by atoms with Crippen LogP contribution in [0.3, 0.4) is 0 Å². The van der Waals surface area contributed by atoms with E-state index in [-0.39, 0.29) is 84.6 Å². The van der Waals surface area contributed by atoms with Gasteiger partial charge in [0.05, 0.1) is 38.3 Å². The van der Waals surface area contributed by atoms with Crippen molar-refractivity contribution in [3.05, 3.63) is 34.4 Å². The molecular weight excluding hydrogens is 651 g/mol. The summed E-state index contributed by atoms with van der Waals surface area (Å²) in [4.78, 5) is 13.5. The number of rotatable bonds is 4. The van der Waals surface area contributed by atoms with Crippen LogP contribution in [0.15, 0.2) is 12.1 Å². The topological polar surface area (TPSA) is 124 Å². The Bertz CT molecular complexity index is 2050. The summed E-state index contributed by atoms with van der Waals surface area (Å²) < 4.78 is 59.3. The molecule has 242 valence electrons. The monoisotopic (exact) mass is 679 g/mol. The Labute approximate surface area is 277 Å². The van der Waals surface area contributed by atoms with E-state index in [4.69, 9.17) is 31.8 Å². The van der Waals surface area contributed by atoms with Gasteiger partial charge in [-0.25, -0.2) is 13.2 Å². The van der Waals surface area contributed by atoms with E-state index in [1.54, 1.807) is 0 Å². The molecule has 3 saturated heterocycles. The SMILES string of the molecule is N#Cc1c(N)sc2c(F)ccc(-c3c(Cl)c4c5c(nc(OCC67CCCN6C[C@H](F)C7)nc5c3F)N3CCCC(C#N)CC3CO4)c12. The van der Waals surface area contributed by atoms with Gasteiger partial charge in [0.15, 0.2) is 11.6 Å². The fraction of sp³-hybridized carbons (Fsp3) is 0.455. The number of aromatic nitrogens is 2. The Morgan fingerprint density at radius 2 is 2.04 bits per heavy atom. The molecule has 47 heavy (non-hydrogen) atoms. The average Bonchev–Trinajstić information content (AvgIpc) is 3.60. The zero-order chi connectivity index (χ0) is 32.6. The number of nitrogens with zero attached hydrogens (tertiary/aromatic N) is 6. The number of halogens is 4. The smallest absolute Gasteiger partial charge is 0.319 e. The van der Waals surface area contributed by atoms with Crippen molar-refractivity contribution in [1.82, 2.24) is 14.9 Å². The molecule has 0 saturated carbocycles. The Kier molecular flexibility index (Phi) is 7.28. The maximum Gasteiger partial charge on any atom is 0.319 e. The van der Waals surface area contributed by atoms with E-state index < -0.39 is 23.3 Å². The van der Waals surface area contributed by atoms with Crippen LogP contribution in [0.4, 0.5) is 24.0 Å². The predicted octanol–water partition coefficient (Wildman–Crippen LogP) is 6.74. The number of benzene rings is 2. The first-order valence-corrected chi connectivity index (χ1v) is 16.9. The number of nitriles is 2. The lowest BCUT2D eigenvalue weighted by Crippen LogP contribution is -2.43. The number of hydrogen-bond acceptors (Lipinski definition) is 10. The molecule has 9 nitrogen and oxygen atoms in total. The van der Waals surface area contributed by atoms with Crippen LogP contribution < -0.4 is 20.1 Å². The van der Waals surface area contributed by atoms with Gasteiger partial charge in [0, 0.05) is 36.4 Å². The third kappa shape index (κ3) is 4.66. The van der Waals surface area contributed by atoms with Gasteiger partial charge in [-0.2, -0.15) is 20.5 Å². The molecule has 2 aromatic carbocycles. The highest BCUT2D eigenvalue weighted by molar-refractivity contribution is 7.23. The van der Waals surface area contributed by atoms with Crippen LogP contribution in [0.25, 0.3) is 32.1 Å². The normalized spacial score (nSPS) is 25.5. The Morgan fingerprint density at radius 3 is 2.85 bits per heavy atom. The minimum absolute atomic E-state index is 0.0216. The second kappa shape index (κ2) is 11.3. The fourth-order valence-corrected chi connectivity index (χ4v) is 9.32. The first kappa shape index (κ1) is 30.3. The van der Waals surface area contributed by atoms with Crippen LogP contribution in [0, 0.1) is 40.2 Å². The van der Waals surface area contributed by atoms with Crippen molar-refractivity contribution < 1.29 is 22.6 Å². The molecular formula is C33H29ClF3N7O2S. The molecule has 0 aliphatic carbocycles. The van der Waals surface area contributed by atoms with Crippen molar-refractivity contribution in [2.45, 2.75) is 56.3 Å². The van der Waals surface area contributed by atoms with Gasteiger partial charge >= 0.3 is 6.01 Å². The average molecular weight is 680 g/mol. The number of fused-ring (bicyclic) bond motifs is 4. The van der Waals surface area contributed by atoms with Gasteiger partial charge < -0.3 is 20.1 Å². The van der Waals surface area contributed by atoms with Crippen molar-refractivity contribution in [2.24, 2.45) is 5.92 Å². The number of nitrogen functional groups attached to an aromatic ring is 1. The molecule has 6 heterocycles. The van der Waals surface area contributed by atoms with E-state index in [2.05, 4.69) is 16.0 Å². The van der Waals surface area contributed by atoms with Gasteiger partial charge in [-0.1, -0.05) is 17.7 Å². The van der Waals surface area contributed by atoms with Gasteiger partial charge in [0.2, 0.25) is 0 Å². The van der Waals surface area contributed by atoms with E-state index in [9.17, 15) is 19.3 Å². The van der Waals surface area contributed by atoms with Crippen molar-refractivity contribution in [3.63, 3.8) is 0 Å². The Balaban J connectivity index is 1.34. The quantitative estimate of drug-likeness (QED) is 0.250. The number of hydrogen-bond donors (Lipinski definition) is 1. The molecule has 14 heteroatoms. The van der Waals surface area contributed by atoms with E-state index in [1.165, 1.54) is 12.1 Å². The van der Waals surface area contributed by atoms with Gasteiger partial charge in [0.25, 0.3) is 0 Å². The van der Waals surface area contributed by atoms with Crippen LogP contribution in [0.1, 0.15) is 44.1 Å². The summed E-state index contributed by atoms with van der Waals surface area (Å²) >= 11 is 7.93. The molecule has 3 unspecified atom stereocenters. The lowest BCUT2D eigenvalue weighted by atomic mass is 9.95. The summed E-state index contributed by atoms with van der Waals surface area (Å²) in [5.41, 5.74) is 5.56. The molecule has 4 atom stereocenters. The molecule has 0 spiro atoms. The number of alkyl halides is 1. The first-order chi connectivity index (χ1) is 22.7. The van der Waals surface area contributed by atoms with Gasteiger partial charge in [-0.05, 0) is 50.3 Å². The molecule has 0 bridgehead atoms. The summed E-state index contributed by atoms with van der Waals surface area (Å²) in [6, 6.07) is 6.63. The van der Waals surface area contributed by atoms with Crippen LogP contribution in [-0.4, -0.2) is 65.5 Å². The zero-order valence-electron chi connectivity index (χ0n) is 25.2. The van der Waals surface area contributed by atoms with Crippen molar-refractivity contribution in [1.29, 1.82) is 10.5 Å². The van der Waals surface area contributed by atoms with Crippen molar-refractivity contribution >= 4 is 54.7 Å². The van der Waals surface area contributed by atoms with Crippen molar-refractivity contribution in [2.75, 3.05) is 43.5 Å². The van der Waals surface area contributed by atoms with Crippen LogP contribution >= 0.6 is 22.9 Å². The van der Waals surface area contributed by atoms with E-state index in [0.29, 0.717) is 44.6 Å². The number of ether oxygens (including phenoxy) is 2. The van der Waals surface area contributed by atoms with Crippen LogP contribution in [-0.2, 0) is 0 Å². The number of thiophene rings is 1. The third-order valence-electron chi connectivity index (χ3n) is 10.2.